The Labute approximate surface area is 113 Å². The van der Waals surface area contributed by atoms with Gasteiger partial charge in [-0.1, -0.05) is 0 Å². The first-order valence-electron chi connectivity index (χ1n) is 5.43. The normalized spacial score (nSPS) is 12.9. The van der Waals surface area contributed by atoms with Gasteiger partial charge in [0, 0.05) is 0 Å². The van der Waals surface area contributed by atoms with E-state index in [-0.39, 0.29) is 11.5 Å². The summed E-state index contributed by atoms with van der Waals surface area (Å²) < 4.78 is 36.6. The minimum absolute atomic E-state index is 0.0162. The summed E-state index contributed by atoms with van der Waals surface area (Å²) in [6.45, 7) is -1.53. The van der Waals surface area contributed by atoms with Crippen LogP contribution in [0.3, 0.4) is 0 Å². The molecule has 3 N–H and O–H groups in total. The second kappa shape index (κ2) is 5.97. The fraction of sp³-hybridized carbons (Fsp3) is 0.455. The van der Waals surface area contributed by atoms with Crippen LogP contribution in [0.4, 0.5) is 14.5 Å². The number of nitro groups is 1. The molecule has 7 nitrogen and oxygen atoms in total. The molecule has 0 fully saturated rings. The van der Waals surface area contributed by atoms with E-state index >= 15 is 0 Å². The van der Waals surface area contributed by atoms with E-state index < -0.39 is 34.7 Å². The minimum Gasteiger partial charge on any atom is -0.493 e. The van der Waals surface area contributed by atoms with E-state index in [1.807, 2.05) is 0 Å². The Balaban J connectivity index is 3.47. The number of halogens is 2. The zero-order chi connectivity index (χ0) is 15.5. The maximum absolute atomic E-state index is 13.4. The monoisotopic (exact) mass is 292 g/mol. The van der Waals surface area contributed by atoms with Crippen LogP contribution in [-0.4, -0.2) is 36.8 Å². The first-order chi connectivity index (χ1) is 9.28. The first kappa shape index (κ1) is 16.1. The van der Waals surface area contributed by atoms with E-state index in [1.165, 1.54) is 14.2 Å². The third-order valence-corrected chi connectivity index (χ3v) is 2.73. The summed E-state index contributed by atoms with van der Waals surface area (Å²) in [7, 11) is 2.51. The summed E-state index contributed by atoms with van der Waals surface area (Å²) in [5, 5.41) is 19.6. The van der Waals surface area contributed by atoms with Crippen molar-refractivity contribution in [2.45, 2.75) is 12.0 Å². The Morgan fingerprint density at radius 2 is 1.90 bits per heavy atom. The summed E-state index contributed by atoms with van der Waals surface area (Å²) >= 11 is 0. The average molecular weight is 292 g/mol. The van der Waals surface area contributed by atoms with Crippen LogP contribution in [0.2, 0.25) is 0 Å². The molecule has 9 heteroatoms. The standard InChI is InChI=1S/C11H14F2N2O5/c1-19-8-3-6(10(14)11(12,13)5-16)7(15(17)18)4-9(8)20-2/h3-4,10,16H,5,14H2,1-2H3/t10-/m0/s1. The minimum atomic E-state index is -3.70. The maximum atomic E-state index is 13.4. The van der Waals surface area contributed by atoms with Crippen molar-refractivity contribution in [1.29, 1.82) is 0 Å². The Kier molecular flexibility index (Phi) is 4.79. The number of hydrogen-bond acceptors (Lipinski definition) is 6. The molecule has 0 aliphatic rings. The van der Waals surface area contributed by atoms with Gasteiger partial charge in [-0.15, -0.1) is 0 Å². The van der Waals surface area contributed by atoms with Gasteiger partial charge in [0.2, 0.25) is 0 Å². The number of benzene rings is 1. The van der Waals surface area contributed by atoms with E-state index in [2.05, 4.69) is 0 Å². The third kappa shape index (κ3) is 2.94. The zero-order valence-electron chi connectivity index (χ0n) is 10.8. The Bertz CT molecular complexity index is 510. The molecule has 1 aromatic carbocycles. The van der Waals surface area contributed by atoms with Crippen molar-refractivity contribution in [3.8, 4) is 11.5 Å². The van der Waals surface area contributed by atoms with Crippen molar-refractivity contribution in [3.05, 3.63) is 27.8 Å². The summed E-state index contributed by atoms with van der Waals surface area (Å²) in [6, 6.07) is -0.0973. The van der Waals surface area contributed by atoms with Crippen LogP contribution in [0.5, 0.6) is 11.5 Å². The lowest BCUT2D eigenvalue weighted by molar-refractivity contribution is -0.386. The average Bonchev–Trinajstić information content (AvgIpc) is 2.44. The summed E-state index contributed by atoms with van der Waals surface area (Å²) in [5.74, 6) is -3.66. The van der Waals surface area contributed by atoms with Gasteiger partial charge in [-0.2, -0.15) is 0 Å². The molecule has 0 aliphatic heterocycles. The zero-order valence-corrected chi connectivity index (χ0v) is 10.8. The molecule has 1 atom stereocenters. The van der Waals surface area contributed by atoms with Gasteiger partial charge in [0.1, 0.15) is 12.6 Å². The van der Waals surface area contributed by atoms with Gasteiger partial charge >= 0.3 is 0 Å². The molecule has 0 bridgehead atoms. The number of hydrogen-bond donors (Lipinski definition) is 2. The van der Waals surface area contributed by atoms with Crippen molar-refractivity contribution in [3.63, 3.8) is 0 Å². The van der Waals surface area contributed by atoms with E-state index in [9.17, 15) is 18.9 Å². The number of methoxy groups -OCH3 is 2. The van der Waals surface area contributed by atoms with Crippen molar-refractivity contribution >= 4 is 5.69 Å². The van der Waals surface area contributed by atoms with Gasteiger partial charge in [0.05, 0.1) is 30.8 Å². The van der Waals surface area contributed by atoms with E-state index in [1.54, 1.807) is 0 Å². The summed E-state index contributed by atoms with van der Waals surface area (Å²) in [6.07, 6.45) is 0. The van der Waals surface area contributed by atoms with Crippen molar-refractivity contribution in [1.82, 2.24) is 0 Å². The number of ether oxygens (including phenoxy) is 2. The van der Waals surface area contributed by atoms with Crippen LogP contribution in [0.1, 0.15) is 11.6 Å². The number of nitrogens with zero attached hydrogens (tertiary/aromatic N) is 1. The molecule has 1 aromatic rings. The molecule has 0 saturated carbocycles. The Morgan fingerprint density at radius 3 is 2.30 bits per heavy atom. The molecule has 20 heavy (non-hydrogen) atoms. The number of alkyl halides is 2. The third-order valence-electron chi connectivity index (χ3n) is 2.73. The number of nitro benzene ring substituents is 1. The van der Waals surface area contributed by atoms with Crippen LogP contribution in [-0.2, 0) is 0 Å². The van der Waals surface area contributed by atoms with E-state index in [0.717, 1.165) is 12.1 Å². The van der Waals surface area contributed by atoms with E-state index in [4.69, 9.17) is 20.3 Å². The molecule has 0 spiro atoms. The van der Waals surface area contributed by atoms with Gasteiger partial charge in [0.25, 0.3) is 11.6 Å². The first-order valence-corrected chi connectivity index (χ1v) is 5.43. The summed E-state index contributed by atoms with van der Waals surface area (Å²) in [4.78, 5) is 10.1. The fourth-order valence-electron chi connectivity index (χ4n) is 1.62. The Hall–Kier alpha value is -2.00. The second-order valence-corrected chi connectivity index (χ2v) is 3.92. The SMILES string of the molecule is COc1cc([C@H](N)C(F)(F)CO)c([N+](=O)[O-])cc1OC. The van der Waals surface area contributed by atoms with Crippen LogP contribution in [0, 0.1) is 10.1 Å². The van der Waals surface area contributed by atoms with Crippen LogP contribution < -0.4 is 15.2 Å². The van der Waals surface area contributed by atoms with Gasteiger partial charge in [-0.3, -0.25) is 10.1 Å². The van der Waals surface area contributed by atoms with E-state index in [0.29, 0.717) is 0 Å². The molecule has 0 amide bonds. The molecule has 0 heterocycles. The molecule has 1 rings (SSSR count). The van der Waals surface area contributed by atoms with Crippen LogP contribution >= 0.6 is 0 Å². The largest absolute Gasteiger partial charge is 0.493 e. The van der Waals surface area contributed by atoms with Crippen molar-refractivity contribution < 1.29 is 28.3 Å². The highest BCUT2D eigenvalue weighted by Gasteiger charge is 2.41. The van der Waals surface area contributed by atoms with Gasteiger partial charge in [-0.25, -0.2) is 8.78 Å². The molecular formula is C11H14F2N2O5. The highest BCUT2D eigenvalue weighted by Crippen LogP contribution is 2.40. The molecule has 0 radical (unpaired) electrons. The topological polar surface area (TPSA) is 108 Å². The highest BCUT2D eigenvalue weighted by atomic mass is 19.3. The van der Waals surface area contributed by atoms with Gasteiger partial charge < -0.3 is 20.3 Å². The number of aliphatic hydroxyl groups is 1. The molecule has 0 saturated heterocycles. The predicted molar refractivity (Wildman–Crippen MR) is 65.2 cm³/mol. The highest BCUT2D eigenvalue weighted by molar-refractivity contribution is 5.55. The maximum Gasteiger partial charge on any atom is 0.289 e. The fourth-order valence-corrected chi connectivity index (χ4v) is 1.62. The van der Waals surface area contributed by atoms with Gasteiger partial charge in [-0.05, 0) is 6.07 Å². The molecular weight excluding hydrogens is 278 g/mol. The number of nitrogens with two attached hydrogens (primary N) is 1. The number of rotatable bonds is 6. The molecule has 0 unspecified atom stereocenters. The van der Waals surface area contributed by atoms with Crippen LogP contribution in [0.25, 0.3) is 0 Å². The number of aliphatic hydroxyl groups excluding tert-OH is 1. The van der Waals surface area contributed by atoms with Crippen molar-refractivity contribution in [2.75, 3.05) is 20.8 Å². The quantitative estimate of drug-likeness (QED) is 0.603. The lowest BCUT2D eigenvalue weighted by Crippen LogP contribution is -2.36. The van der Waals surface area contributed by atoms with Crippen LogP contribution in [0.15, 0.2) is 12.1 Å². The summed E-state index contributed by atoms with van der Waals surface area (Å²) in [5.41, 5.74) is 4.24. The van der Waals surface area contributed by atoms with Gasteiger partial charge in [0.15, 0.2) is 11.5 Å². The smallest absolute Gasteiger partial charge is 0.289 e. The predicted octanol–water partition coefficient (Wildman–Crippen LogP) is 1.24. The second-order valence-electron chi connectivity index (χ2n) is 3.92. The lowest BCUT2D eigenvalue weighted by atomic mass is 9.99. The van der Waals surface area contributed by atoms with Crippen molar-refractivity contribution in [2.24, 2.45) is 5.73 Å². The Morgan fingerprint density at radius 1 is 1.40 bits per heavy atom. The molecule has 112 valence electrons. The molecule has 0 aromatic heterocycles. The molecule has 0 aliphatic carbocycles. The lowest BCUT2D eigenvalue weighted by Gasteiger charge is -2.22.